The Morgan fingerprint density at radius 2 is 2.39 bits per heavy atom. The van der Waals surface area contributed by atoms with Gasteiger partial charge in [0.2, 0.25) is 5.91 Å². The van der Waals surface area contributed by atoms with E-state index in [9.17, 15) is 9.18 Å². The minimum Gasteiger partial charge on any atom is -0.378 e. The minimum absolute atomic E-state index is 0.180. The number of nitrogens with one attached hydrogen (secondary N) is 1. The van der Waals surface area contributed by atoms with Crippen molar-refractivity contribution >= 4 is 27.5 Å². The molecule has 0 radical (unpaired) electrons. The first-order valence-corrected chi connectivity index (χ1v) is 6.81. The molecule has 0 bridgehead atoms. The zero-order valence-electron chi connectivity index (χ0n) is 9.92. The highest BCUT2D eigenvalue weighted by atomic mass is 79.9. The predicted molar refractivity (Wildman–Crippen MR) is 70.9 cm³/mol. The molecule has 2 rings (SSSR count). The number of hydrogen-bond acceptors (Lipinski definition) is 2. The third kappa shape index (κ3) is 3.53. The SMILES string of the molecule is O=C(CC[C@H]1CCCO1)Nc1c(F)cccc1Br. The molecule has 1 saturated heterocycles. The van der Waals surface area contributed by atoms with Gasteiger partial charge in [-0.15, -0.1) is 0 Å². The van der Waals surface area contributed by atoms with Crippen LogP contribution in [0.2, 0.25) is 0 Å². The minimum atomic E-state index is -0.435. The molecule has 1 aromatic carbocycles. The summed E-state index contributed by atoms with van der Waals surface area (Å²) in [5, 5.41) is 2.59. The van der Waals surface area contributed by atoms with Gasteiger partial charge in [0.1, 0.15) is 5.82 Å². The molecule has 0 aliphatic carbocycles. The van der Waals surface area contributed by atoms with E-state index in [1.807, 2.05) is 0 Å². The average molecular weight is 316 g/mol. The molecule has 1 heterocycles. The lowest BCUT2D eigenvalue weighted by molar-refractivity contribution is -0.116. The number of ether oxygens (including phenoxy) is 1. The number of carbonyl (C=O) groups excluding carboxylic acids is 1. The highest BCUT2D eigenvalue weighted by molar-refractivity contribution is 9.10. The summed E-state index contributed by atoms with van der Waals surface area (Å²) in [7, 11) is 0. The van der Waals surface area contributed by atoms with Crippen LogP contribution >= 0.6 is 15.9 Å². The molecule has 1 fully saturated rings. The summed E-state index contributed by atoms with van der Waals surface area (Å²) in [6.07, 6.45) is 3.30. The van der Waals surface area contributed by atoms with Gasteiger partial charge in [0, 0.05) is 17.5 Å². The lowest BCUT2D eigenvalue weighted by Crippen LogP contribution is -2.16. The fourth-order valence-electron chi connectivity index (χ4n) is 1.98. The lowest BCUT2D eigenvalue weighted by atomic mass is 10.1. The Balaban J connectivity index is 1.86. The van der Waals surface area contributed by atoms with Gasteiger partial charge in [0.15, 0.2) is 0 Å². The molecule has 18 heavy (non-hydrogen) atoms. The summed E-state index contributed by atoms with van der Waals surface area (Å²) in [4.78, 5) is 11.7. The van der Waals surface area contributed by atoms with Gasteiger partial charge < -0.3 is 10.1 Å². The van der Waals surface area contributed by atoms with Gasteiger partial charge >= 0.3 is 0 Å². The van der Waals surface area contributed by atoms with Gasteiger partial charge in [-0.3, -0.25) is 4.79 Å². The van der Waals surface area contributed by atoms with Crippen LogP contribution in [0.15, 0.2) is 22.7 Å². The van der Waals surface area contributed by atoms with E-state index >= 15 is 0 Å². The van der Waals surface area contributed by atoms with Crippen LogP contribution in [0, 0.1) is 5.82 Å². The Hall–Kier alpha value is -0.940. The lowest BCUT2D eigenvalue weighted by Gasteiger charge is -2.10. The fraction of sp³-hybridized carbons (Fsp3) is 0.462. The fourth-order valence-corrected chi connectivity index (χ4v) is 2.42. The van der Waals surface area contributed by atoms with Gasteiger partial charge in [-0.1, -0.05) is 6.07 Å². The molecule has 0 aromatic heterocycles. The normalized spacial score (nSPS) is 18.9. The predicted octanol–water partition coefficient (Wildman–Crippen LogP) is 3.49. The van der Waals surface area contributed by atoms with Crippen LogP contribution < -0.4 is 5.32 Å². The van der Waals surface area contributed by atoms with E-state index in [4.69, 9.17) is 4.74 Å². The number of carbonyl (C=O) groups is 1. The maximum Gasteiger partial charge on any atom is 0.224 e. The van der Waals surface area contributed by atoms with E-state index in [2.05, 4.69) is 21.2 Å². The van der Waals surface area contributed by atoms with Crippen molar-refractivity contribution in [3.8, 4) is 0 Å². The highest BCUT2D eigenvalue weighted by Gasteiger charge is 2.17. The Bertz CT molecular complexity index is 413. The summed E-state index contributed by atoms with van der Waals surface area (Å²) in [5.41, 5.74) is 0.204. The summed E-state index contributed by atoms with van der Waals surface area (Å²) >= 11 is 3.21. The first-order valence-electron chi connectivity index (χ1n) is 6.02. The summed E-state index contributed by atoms with van der Waals surface area (Å²) in [5.74, 6) is -0.619. The first-order chi connectivity index (χ1) is 8.66. The van der Waals surface area contributed by atoms with E-state index in [0.717, 1.165) is 19.4 Å². The molecule has 0 unspecified atom stereocenters. The topological polar surface area (TPSA) is 38.3 Å². The molecular weight excluding hydrogens is 301 g/mol. The van der Waals surface area contributed by atoms with Crippen molar-refractivity contribution in [1.82, 2.24) is 0 Å². The van der Waals surface area contributed by atoms with Gasteiger partial charge in [-0.25, -0.2) is 4.39 Å². The standard InChI is InChI=1S/C13H15BrFNO2/c14-10-4-1-5-11(15)13(10)16-12(17)7-6-9-3-2-8-18-9/h1,4-5,9H,2-3,6-8H2,(H,16,17)/t9-/m1/s1. The van der Waals surface area contributed by atoms with Crippen molar-refractivity contribution in [2.24, 2.45) is 0 Å². The molecule has 0 spiro atoms. The van der Waals surface area contributed by atoms with E-state index in [1.165, 1.54) is 6.07 Å². The Morgan fingerprint density at radius 3 is 3.06 bits per heavy atom. The van der Waals surface area contributed by atoms with Gasteiger partial charge in [0.25, 0.3) is 0 Å². The third-order valence-electron chi connectivity index (χ3n) is 2.94. The smallest absolute Gasteiger partial charge is 0.224 e. The Kier molecular flexibility index (Phi) is 4.72. The Labute approximate surface area is 114 Å². The van der Waals surface area contributed by atoms with Crippen LogP contribution in [0.5, 0.6) is 0 Å². The molecule has 5 heteroatoms. The van der Waals surface area contributed by atoms with Crippen LogP contribution in [-0.4, -0.2) is 18.6 Å². The van der Waals surface area contributed by atoms with Gasteiger partial charge in [-0.2, -0.15) is 0 Å². The van der Waals surface area contributed by atoms with Gasteiger partial charge in [0.05, 0.1) is 11.8 Å². The van der Waals surface area contributed by atoms with Gasteiger partial charge in [-0.05, 0) is 47.3 Å². The molecule has 1 aliphatic rings. The number of hydrogen-bond donors (Lipinski definition) is 1. The second-order valence-corrected chi connectivity index (χ2v) is 5.17. The van der Waals surface area contributed by atoms with Crippen molar-refractivity contribution in [2.75, 3.05) is 11.9 Å². The molecule has 98 valence electrons. The first kappa shape index (κ1) is 13.5. The zero-order valence-corrected chi connectivity index (χ0v) is 11.5. The number of halogens is 2. The van der Waals surface area contributed by atoms with Crippen LogP contribution in [0.1, 0.15) is 25.7 Å². The number of rotatable bonds is 4. The van der Waals surface area contributed by atoms with Crippen LogP contribution in [0.4, 0.5) is 10.1 Å². The molecule has 0 saturated carbocycles. The maximum atomic E-state index is 13.5. The average Bonchev–Trinajstić information content (AvgIpc) is 2.84. The third-order valence-corrected chi connectivity index (χ3v) is 3.61. The highest BCUT2D eigenvalue weighted by Crippen LogP contribution is 2.25. The molecule has 1 N–H and O–H groups in total. The summed E-state index contributed by atoms with van der Waals surface area (Å²) < 4.78 is 19.5. The number of anilines is 1. The number of benzene rings is 1. The largest absolute Gasteiger partial charge is 0.378 e. The van der Waals surface area contributed by atoms with Crippen molar-refractivity contribution in [3.63, 3.8) is 0 Å². The van der Waals surface area contributed by atoms with Crippen molar-refractivity contribution in [3.05, 3.63) is 28.5 Å². The second kappa shape index (κ2) is 6.29. The summed E-state index contributed by atoms with van der Waals surface area (Å²) in [6.45, 7) is 0.783. The van der Waals surface area contributed by atoms with Crippen molar-refractivity contribution in [2.45, 2.75) is 31.8 Å². The van der Waals surface area contributed by atoms with Crippen LogP contribution in [0.3, 0.4) is 0 Å². The quantitative estimate of drug-likeness (QED) is 0.923. The van der Waals surface area contributed by atoms with Crippen molar-refractivity contribution in [1.29, 1.82) is 0 Å². The molecular formula is C13H15BrFNO2. The van der Waals surface area contributed by atoms with E-state index in [1.54, 1.807) is 12.1 Å². The molecule has 1 aliphatic heterocycles. The zero-order chi connectivity index (χ0) is 13.0. The van der Waals surface area contributed by atoms with Crippen LogP contribution in [-0.2, 0) is 9.53 Å². The molecule has 1 atom stereocenters. The Morgan fingerprint density at radius 1 is 1.56 bits per heavy atom. The van der Waals surface area contributed by atoms with Crippen molar-refractivity contribution < 1.29 is 13.9 Å². The monoisotopic (exact) mass is 315 g/mol. The molecule has 1 amide bonds. The summed E-state index contributed by atoms with van der Waals surface area (Å²) in [6, 6.07) is 4.60. The molecule has 3 nitrogen and oxygen atoms in total. The maximum absolute atomic E-state index is 13.5. The van der Waals surface area contributed by atoms with E-state index in [0.29, 0.717) is 17.3 Å². The van der Waals surface area contributed by atoms with E-state index < -0.39 is 5.82 Å². The van der Waals surface area contributed by atoms with E-state index in [-0.39, 0.29) is 17.7 Å². The second-order valence-electron chi connectivity index (χ2n) is 4.32. The molecule has 1 aromatic rings. The number of para-hydroxylation sites is 1. The van der Waals surface area contributed by atoms with Crippen LogP contribution in [0.25, 0.3) is 0 Å². The number of amides is 1.